The van der Waals surface area contributed by atoms with Crippen molar-refractivity contribution in [1.82, 2.24) is 9.80 Å². The fourth-order valence-electron chi connectivity index (χ4n) is 0.921. The lowest BCUT2D eigenvalue weighted by atomic mass is 10.4. The lowest BCUT2D eigenvalue weighted by Crippen LogP contribution is -2.46. The van der Waals surface area contributed by atoms with Gasteiger partial charge >= 0.3 is 0 Å². The van der Waals surface area contributed by atoms with Gasteiger partial charge in [-0.15, -0.1) is 0 Å². The van der Waals surface area contributed by atoms with Gasteiger partial charge in [0, 0.05) is 26.2 Å². The highest BCUT2D eigenvalue weighted by Crippen LogP contribution is 1.87. The first-order valence-electron chi connectivity index (χ1n) is 4.18. The Hall–Kier alpha value is -1.14. The van der Waals surface area contributed by atoms with Crippen LogP contribution < -0.4 is 10.2 Å². The largest absolute Gasteiger partial charge is 0.549 e. The molecule has 0 aromatic heterocycles. The van der Waals surface area contributed by atoms with Crippen LogP contribution in [0.1, 0.15) is 0 Å². The molecule has 14 heavy (non-hydrogen) atoms. The second-order valence-electron chi connectivity index (χ2n) is 3.26. The third-order valence-corrected chi connectivity index (χ3v) is 1.57. The van der Waals surface area contributed by atoms with Crippen LogP contribution >= 0.6 is 0 Å². The normalized spacial score (nSPS) is 10.9. The summed E-state index contributed by atoms with van der Waals surface area (Å²) < 4.78 is 0. The number of likely N-dealkylation sites (N-methyl/N-ethyl adjacent to an activating group) is 1. The van der Waals surface area contributed by atoms with E-state index in [9.17, 15) is 19.8 Å². The van der Waals surface area contributed by atoms with Crippen molar-refractivity contribution in [3.05, 3.63) is 0 Å². The molecular weight excluding hydrogens is 188 g/mol. The number of carbonyl (C=O) groups excluding carboxylic acids is 2. The molecule has 0 bridgehead atoms. The monoisotopic (exact) mass is 202 g/mol. The third kappa shape index (κ3) is 7.51. The summed E-state index contributed by atoms with van der Waals surface area (Å²) in [4.78, 5) is 23.6. The van der Waals surface area contributed by atoms with E-state index in [4.69, 9.17) is 0 Å². The molecule has 0 saturated carbocycles. The molecular formula is C8H14N2O4-2. The topological polar surface area (TPSA) is 86.7 Å². The average molecular weight is 202 g/mol. The summed E-state index contributed by atoms with van der Waals surface area (Å²) in [6.07, 6.45) is 0. The first-order valence-corrected chi connectivity index (χ1v) is 4.18. The Morgan fingerprint density at radius 1 is 1.00 bits per heavy atom. The Balaban J connectivity index is 3.96. The standard InChI is InChI=1S/C8H16N2O4/c1-9(2)3-4-10(5-7(11)12)6-8(13)14/h3-6H2,1-2H3,(H,11,12)(H,13,14)/p-2. The van der Waals surface area contributed by atoms with Gasteiger partial charge in [-0.2, -0.15) is 0 Å². The Bertz CT molecular complexity index is 190. The van der Waals surface area contributed by atoms with E-state index in [2.05, 4.69) is 0 Å². The number of rotatable bonds is 7. The Labute approximate surface area is 82.7 Å². The number of hydrogen-bond acceptors (Lipinski definition) is 6. The minimum absolute atomic E-state index is 0.356. The van der Waals surface area contributed by atoms with Crippen molar-refractivity contribution >= 4 is 11.9 Å². The van der Waals surface area contributed by atoms with Crippen LogP contribution in [-0.4, -0.2) is 62.0 Å². The molecule has 0 aliphatic rings. The second-order valence-corrected chi connectivity index (χ2v) is 3.26. The van der Waals surface area contributed by atoms with E-state index < -0.39 is 11.9 Å². The van der Waals surface area contributed by atoms with Crippen molar-refractivity contribution in [2.45, 2.75) is 0 Å². The number of hydrogen-bond donors (Lipinski definition) is 0. The maximum absolute atomic E-state index is 10.3. The average Bonchev–Trinajstić information content (AvgIpc) is 1.97. The zero-order valence-corrected chi connectivity index (χ0v) is 8.36. The number of carboxylic acid groups (broad SMARTS) is 2. The SMILES string of the molecule is CN(C)CCN(CC(=O)[O-])CC(=O)[O-]. The molecule has 0 heterocycles. The lowest BCUT2D eigenvalue weighted by molar-refractivity contribution is -0.310. The van der Waals surface area contributed by atoms with Crippen molar-refractivity contribution < 1.29 is 19.8 Å². The fraction of sp³-hybridized carbons (Fsp3) is 0.750. The molecule has 0 aliphatic carbocycles. The summed E-state index contributed by atoms with van der Waals surface area (Å²) in [7, 11) is 3.63. The quantitative estimate of drug-likeness (QED) is 0.423. The van der Waals surface area contributed by atoms with Gasteiger partial charge in [-0.05, 0) is 14.1 Å². The summed E-state index contributed by atoms with van der Waals surface area (Å²) in [5.41, 5.74) is 0. The second kappa shape index (κ2) is 6.33. The van der Waals surface area contributed by atoms with Crippen LogP contribution in [0.25, 0.3) is 0 Å². The van der Waals surface area contributed by atoms with Gasteiger partial charge in [0.2, 0.25) is 0 Å². The molecule has 0 spiro atoms. The van der Waals surface area contributed by atoms with E-state index in [0.29, 0.717) is 13.1 Å². The van der Waals surface area contributed by atoms with Crippen LogP contribution in [0.5, 0.6) is 0 Å². The van der Waals surface area contributed by atoms with Crippen LogP contribution in [0, 0.1) is 0 Å². The summed E-state index contributed by atoms with van der Waals surface area (Å²) in [5, 5.41) is 20.5. The fourth-order valence-corrected chi connectivity index (χ4v) is 0.921. The van der Waals surface area contributed by atoms with Crippen LogP contribution in [0.15, 0.2) is 0 Å². The molecule has 0 fully saturated rings. The maximum Gasteiger partial charge on any atom is 0.0555 e. The smallest absolute Gasteiger partial charge is 0.0555 e. The molecule has 0 amide bonds. The Morgan fingerprint density at radius 3 is 1.71 bits per heavy atom. The molecule has 0 rings (SSSR count). The lowest BCUT2D eigenvalue weighted by Gasteiger charge is -2.24. The molecule has 6 nitrogen and oxygen atoms in total. The molecule has 0 aliphatic heterocycles. The summed E-state index contributed by atoms with van der Waals surface area (Å²) in [6, 6.07) is 0. The number of carboxylic acids is 2. The van der Waals surface area contributed by atoms with E-state index in [0.717, 1.165) is 0 Å². The summed E-state index contributed by atoms with van der Waals surface area (Å²) in [6.45, 7) is 0.166. The predicted molar refractivity (Wildman–Crippen MR) is 45.0 cm³/mol. The minimum atomic E-state index is -1.29. The number of aliphatic carboxylic acids is 2. The molecule has 6 heteroatoms. The van der Waals surface area contributed by atoms with E-state index in [1.165, 1.54) is 4.90 Å². The van der Waals surface area contributed by atoms with Crippen molar-refractivity contribution in [3.8, 4) is 0 Å². The van der Waals surface area contributed by atoms with E-state index >= 15 is 0 Å². The zero-order chi connectivity index (χ0) is 11.1. The van der Waals surface area contributed by atoms with Crippen LogP contribution in [0.3, 0.4) is 0 Å². The van der Waals surface area contributed by atoms with Gasteiger partial charge in [0.1, 0.15) is 0 Å². The number of nitrogens with zero attached hydrogens (tertiary/aromatic N) is 2. The van der Waals surface area contributed by atoms with Crippen LogP contribution in [0.2, 0.25) is 0 Å². The van der Waals surface area contributed by atoms with Crippen LogP contribution in [-0.2, 0) is 9.59 Å². The molecule has 82 valence electrons. The molecule has 0 atom stereocenters. The first-order chi connectivity index (χ1) is 6.41. The van der Waals surface area contributed by atoms with E-state index in [1.54, 1.807) is 0 Å². The van der Waals surface area contributed by atoms with Crippen molar-refractivity contribution in [2.24, 2.45) is 0 Å². The number of carbonyl (C=O) groups is 2. The van der Waals surface area contributed by atoms with Crippen molar-refractivity contribution in [3.63, 3.8) is 0 Å². The molecule has 0 saturated heterocycles. The van der Waals surface area contributed by atoms with Crippen molar-refractivity contribution in [2.75, 3.05) is 40.3 Å². The molecule has 0 N–H and O–H groups in total. The molecule has 0 aromatic carbocycles. The zero-order valence-electron chi connectivity index (χ0n) is 8.36. The highest BCUT2D eigenvalue weighted by molar-refractivity contribution is 5.70. The first kappa shape index (κ1) is 12.9. The predicted octanol–water partition coefficient (Wildman–Crippen LogP) is -3.65. The van der Waals surface area contributed by atoms with Gasteiger partial charge < -0.3 is 24.7 Å². The van der Waals surface area contributed by atoms with E-state index in [-0.39, 0.29) is 13.1 Å². The van der Waals surface area contributed by atoms with Gasteiger partial charge in [-0.3, -0.25) is 4.90 Å². The van der Waals surface area contributed by atoms with Crippen molar-refractivity contribution in [1.29, 1.82) is 0 Å². The van der Waals surface area contributed by atoms with Gasteiger partial charge in [-0.1, -0.05) is 0 Å². The maximum atomic E-state index is 10.3. The Kier molecular flexibility index (Phi) is 5.82. The van der Waals surface area contributed by atoms with Gasteiger partial charge in [-0.25, -0.2) is 0 Å². The molecule has 0 aromatic rings. The Morgan fingerprint density at radius 2 is 1.43 bits per heavy atom. The van der Waals surface area contributed by atoms with Crippen LogP contribution in [0.4, 0.5) is 0 Å². The van der Waals surface area contributed by atoms with Gasteiger partial charge in [0.15, 0.2) is 0 Å². The minimum Gasteiger partial charge on any atom is -0.549 e. The molecule has 0 radical (unpaired) electrons. The highest BCUT2D eigenvalue weighted by atomic mass is 16.4. The summed E-state index contributed by atoms with van der Waals surface area (Å²) in [5.74, 6) is -2.57. The van der Waals surface area contributed by atoms with E-state index in [1.807, 2.05) is 19.0 Å². The van der Waals surface area contributed by atoms with Gasteiger partial charge in [0.25, 0.3) is 0 Å². The highest BCUT2D eigenvalue weighted by Gasteiger charge is 2.05. The third-order valence-electron chi connectivity index (χ3n) is 1.57. The molecule has 0 unspecified atom stereocenters. The van der Waals surface area contributed by atoms with Gasteiger partial charge in [0.05, 0.1) is 11.9 Å². The summed E-state index contributed by atoms with van der Waals surface area (Å²) >= 11 is 0.